The third-order valence-corrected chi connectivity index (χ3v) is 17.6. The summed E-state index contributed by atoms with van der Waals surface area (Å²) in [5.41, 5.74) is 3.23. The minimum atomic E-state index is -1.44. The minimum Gasteiger partial charge on any atom is 2.00 e. The molecule has 7 fully saturated rings. The molecule has 11 rings (SSSR count). The van der Waals surface area contributed by atoms with Crippen LogP contribution in [0.2, 0.25) is 0 Å². The second-order valence-corrected chi connectivity index (χ2v) is 22.7. The minimum absolute atomic E-state index is 0. The van der Waals surface area contributed by atoms with Gasteiger partial charge in [-0.05, 0) is 189 Å². The molecule has 11 unspecified atom stereocenters. The van der Waals surface area contributed by atoms with Crippen molar-refractivity contribution in [2.45, 2.75) is 231 Å². The molecule has 11 aliphatic rings. The van der Waals surface area contributed by atoms with Gasteiger partial charge in [0.05, 0.1) is 46.7 Å². The first-order chi connectivity index (χ1) is 42.4. The number of allylic oxidation sites excluding steroid dienone is 6. The second kappa shape index (κ2) is 50.9. The van der Waals surface area contributed by atoms with Crippen molar-refractivity contribution in [3.8, 4) is 12.6 Å². The Balaban J connectivity index is -0.000000934. The van der Waals surface area contributed by atoms with Crippen molar-refractivity contribution in [1.82, 2.24) is 0 Å². The molecule has 0 heterocycles. The average Bonchev–Trinajstić information content (AvgIpc) is 1.88. The summed E-state index contributed by atoms with van der Waals surface area (Å²) in [6, 6.07) is 1.79. The van der Waals surface area contributed by atoms with Crippen molar-refractivity contribution >= 4 is 35.9 Å². The van der Waals surface area contributed by atoms with Gasteiger partial charge in [-0.3, -0.25) is 20.1 Å². The predicted molar refractivity (Wildman–Crippen MR) is 324 cm³/mol. The van der Waals surface area contributed by atoms with Gasteiger partial charge in [0, 0.05) is 28.4 Å². The van der Waals surface area contributed by atoms with Gasteiger partial charge in [0.15, 0.2) is 18.3 Å². The Morgan fingerprint density at radius 1 is 0.618 bits per heavy atom. The maximum atomic E-state index is 11.5. The van der Waals surface area contributed by atoms with Crippen molar-refractivity contribution in [2.24, 2.45) is 34.0 Å². The van der Waals surface area contributed by atoms with Crippen LogP contribution >= 0.6 is 0 Å². The van der Waals surface area contributed by atoms with Crippen LogP contribution in [0.1, 0.15) is 200 Å². The zero-order valence-electron chi connectivity index (χ0n) is 53.8. The SMILES string of the molecule is C#N.C1=CCCCC1.C=C(C(=O)OC)C12CCCC1C2.COC(=O)C(=O)C12CCCC1C2.COC(=O)C(O)C12CCCC1C2.COC(=O)C(O)C1=CCCC1.N#CC(O)C1=CCCC1.O=CC1=CCCC1.OC1CCCCC1O.OO.[CH2-]C.[CH2-]C.[O]=[Mn]=[O].[Zn+2]. The van der Waals surface area contributed by atoms with Crippen molar-refractivity contribution in [2.75, 3.05) is 28.4 Å². The molecule has 89 heavy (non-hydrogen) atoms. The van der Waals surface area contributed by atoms with Crippen LogP contribution in [0, 0.1) is 71.0 Å². The van der Waals surface area contributed by atoms with E-state index in [0.29, 0.717) is 17.4 Å². The molecular formula is C66H104MnN2O19Zn. The van der Waals surface area contributed by atoms with Gasteiger partial charge < -0.3 is 58.3 Å². The monoisotopic (exact) mass is 1350 g/mol. The van der Waals surface area contributed by atoms with Gasteiger partial charge in [-0.1, -0.05) is 69.1 Å². The fourth-order valence-electron chi connectivity index (χ4n) is 12.5. The molecule has 0 radical (unpaired) electrons. The second-order valence-electron chi connectivity index (χ2n) is 22.5. The summed E-state index contributed by atoms with van der Waals surface area (Å²) in [7, 11) is 5.30. The Labute approximate surface area is 548 Å². The van der Waals surface area contributed by atoms with Crippen molar-refractivity contribution < 1.29 is 126 Å². The fraction of sp³-hybridized carbons (Fsp3) is 0.697. The number of aldehydes is 1. The summed E-state index contributed by atoms with van der Waals surface area (Å²) in [5.74, 6) is -0.344. The van der Waals surface area contributed by atoms with E-state index in [9.17, 15) is 39.0 Å². The normalized spacial score (nSPS) is 26.8. The fourth-order valence-corrected chi connectivity index (χ4v) is 12.5. The average molecular weight is 1350 g/mol. The van der Waals surface area contributed by atoms with E-state index < -0.39 is 63.2 Å². The maximum absolute atomic E-state index is 11.5. The molecule has 0 amide bonds. The van der Waals surface area contributed by atoms with Gasteiger partial charge in [0.25, 0.3) is 0 Å². The first kappa shape index (κ1) is 88.6. The van der Waals surface area contributed by atoms with Gasteiger partial charge in [0.1, 0.15) is 6.29 Å². The number of aliphatic hydroxyl groups is 5. The standard InChI is InChI=1S/C10H14O2.C9H14O3.C9H12O3.C8H12O3.C7H9NO.C6H12O2.C6H8O.C6H10.2C2H5.CHN.Mn.H2O2.2O.Zn/c1-7(9(11)12-2)10-5-3-4-8(10)6-10;2*1-12-8(11)7(10)9-4-2-3-6(9)5-9;1-11-8(10)7(9)6-4-2-3-5-6;8-5-7(9)6-3-1-2-4-6;7-5-3-1-2-4-6(5)8;7-5-6-3-1-2-4-6;1-2-4-6-5-3-1;3*1-2;;1-2;;;/h8H,1,3-6H2,2H3;6-7,10H,2-5H2,1H3;6H,2-5H2,1H3;4,7,9H,2-3,5H2,1H3;3,7,9H,1-2,4H2;5-8H,1-4H2;3,5H,1-2,4H2;1-2H,3-6H2;2*1H2,2H3;1H;;1-2H;;;/q;;;;;;;;2*-1;;;;;;+2. The molecule has 11 atom stereocenters. The smallest absolute Gasteiger partial charge is 2.00 e. The van der Waals surface area contributed by atoms with Crippen molar-refractivity contribution in [3.63, 3.8) is 0 Å². The van der Waals surface area contributed by atoms with Crippen LogP contribution in [-0.4, -0.2) is 131 Å². The number of ketones is 1. The molecule has 0 bridgehead atoms. The van der Waals surface area contributed by atoms with E-state index in [0.717, 1.165) is 157 Å². The number of hydrogen-bond donors (Lipinski definition) is 7. The number of Topliss-reactive ketones (excluding diaryl/α,β-unsaturated/α-hetero) is 1. The Morgan fingerprint density at radius 2 is 1.06 bits per heavy atom. The van der Waals surface area contributed by atoms with E-state index >= 15 is 0 Å². The summed E-state index contributed by atoms with van der Waals surface area (Å²) in [6.07, 6.45) is 39.2. The number of ether oxygens (including phenoxy) is 4. The predicted octanol–water partition coefficient (Wildman–Crippen LogP) is 10.4. The molecule has 7 saturated carbocycles. The van der Waals surface area contributed by atoms with Crippen LogP contribution in [0.15, 0.2) is 59.3 Å². The van der Waals surface area contributed by atoms with Gasteiger partial charge >= 0.3 is 65.8 Å². The Kier molecular flexibility index (Phi) is 50.7. The summed E-state index contributed by atoms with van der Waals surface area (Å²) >= 11 is -1.44. The zero-order valence-corrected chi connectivity index (χ0v) is 57.9. The van der Waals surface area contributed by atoms with E-state index in [1.807, 2.05) is 18.2 Å². The molecule has 0 aromatic carbocycles. The number of fused-ring (bicyclic) bond motifs is 3. The van der Waals surface area contributed by atoms with Crippen molar-refractivity contribution in [1.29, 1.82) is 10.5 Å². The van der Waals surface area contributed by atoms with Crippen LogP contribution in [0.4, 0.5) is 0 Å². The number of rotatable bonds is 10. The van der Waals surface area contributed by atoms with Crippen LogP contribution in [0.3, 0.4) is 0 Å². The number of carbonyl (C=O) groups excluding carboxylic acids is 6. The summed E-state index contributed by atoms with van der Waals surface area (Å²) in [4.78, 5) is 65.4. The van der Waals surface area contributed by atoms with E-state index in [2.05, 4.69) is 58.1 Å². The van der Waals surface area contributed by atoms with Crippen LogP contribution in [0.5, 0.6) is 0 Å². The number of aliphatic hydroxyl groups excluding tert-OH is 5. The third kappa shape index (κ3) is 30.1. The molecule has 0 spiro atoms. The van der Waals surface area contributed by atoms with Crippen LogP contribution < -0.4 is 0 Å². The zero-order chi connectivity index (χ0) is 67.3. The van der Waals surface area contributed by atoms with E-state index in [1.165, 1.54) is 86.2 Å². The number of hydrogen-bond acceptors (Lipinski definition) is 21. The van der Waals surface area contributed by atoms with Crippen molar-refractivity contribution in [3.05, 3.63) is 73.1 Å². The summed E-state index contributed by atoms with van der Waals surface area (Å²) in [5, 5.41) is 72.5. The number of nitriles is 2. The van der Waals surface area contributed by atoms with E-state index in [-0.39, 0.29) is 47.5 Å². The van der Waals surface area contributed by atoms with Crippen LogP contribution in [0.25, 0.3) is 0 Å². The van der Waals surface area contributed by atoms with E-state index in [4.69, 9.17) is 44.0 Å². The molecule has 0 saturated heterocycles. The third-order valence-electron chi connectivity index (χ3n) is 17.6. The first-order valence-corrected chi connectivity index (χ1v) is 31.6. The molecule has 7 N–H and O–H groups in total. The number of carbonyl (C=O) groups is 6. The summed E-state index contributed by atoms with van der Waals surface area (Å²) in [6.45, 7) is 17.3. The van der Waals surface area contributed by atoms with E-state index in [1.54, 1.807) is 19.9 Å². The molecule has 501 valence electrons. The van der Waals surface area contributed by atoms with Gasteiger partial charge in [-0.2, -0.15) is 19.1 Å². The van der Waals surface area contributed by atoms with Gasteiger partial charge in [0.2, 0.25) is 5.78 Å². The molecule has 0 aliphatic heterocycles. The number of nitrogens with zero attached hydrogens (tertiary/aromatic N) is 2. The topological polar surface area (TPSA) is 363 Å². The van der Waals surface area contributed by atoms with Gasteiger partial charge in [-0.25, -0.2) is 24.4 Å². The molecular weight excluding hydrogens is 1250 g/mol. The largest absolute Gasteiger partial charge is 2.00 e. The van der Waals surface area contributed by atoms with Crippen LogP contribution in [-0.2, 0) is 89.7 Å². The Bertz CT molecular complexity index is 2260. The first-order valence-electron chi connectivity index (χ1n) is 30.7. The molecule has 0 aromatic heterocycles. The number of esters is 4. The number of methoxy groups -OCH3 is 4. The Hall–Kier alpha value is -4.64. The summed E-state index contributed by atoms with van der Waals surface area (Å²) < 4.78 is 34.8. The molecule has 11 aliphatic carbocycles. The molecule has 23 heteroatoms. The quantitative estimate of drug-likeness (QED) is 0.00913. The molecule has 0 aromatic rings. The van der Waals surface area contributed by atoms with Gasteiger partial charge in [-0.15, -0.1) is 0 Å². The Morgan fingerprint density at radius 3 is 1.36 bits per heavy atom. The molecule has 21 nitrogen and oxygen atoms in total. The maximum Gasteiger partial charge on any atom is 2.00 e.